The molecule has 6 nitrogen and oxygen atoms in total. The summed E-state index contributed by atoms with van der Waals surface area (Å²) in [6.45, 7) is 2.52. The summed E-state index contributed by atoms with van der Waals surface area (Å²) < 4.78 is 11.9. The number of aromatic nitrogens is 2. The van der Waals surface area contributed by atoms with E-state index in [0.29, 0.717) is 27.9 Å². The number of hydrogen-bond acceptors (Lipinski definition) is 6. The maximum absolute atomic E-state index is 12.4. The van der Waals surface area contributed by atoms with Gasteiger partial charge < -0.3 is 9.47 Å². The van der Waals surface area contributed by atoms with Crippen LogP contribution < -0.4 is 0 Å². The molecule has 0 saturated carbocycles. The van der Waals surface area contributed by atoms with Crippen LogP contribution in [0.15, 0.2) is 24.3 Å². The number of ether oxygens (including phenoxy) is 2. The van der Waals surface area contributed by atoms with Crippen molar-refractivity contribution in [2.45, 2.75) is 26.0 Å². The number of carbonyl (C=O) groups excluding carboxylic acids is 2. The molecule has 3 heterocycles. The highest BCUT2D eigenvalue weighted by atomic mass is 35.5. The van der Waals surface area contributed by atoms with Crippen LogP contribution in [0.4, 0.5) is 0 Å². The first-order valence-electron chi connectivity index (χ1n) is 8.21. The Hall–Kier alpha value is -2.09. The maximum Gasteiger partial charge on any atom is 0.349 e. The molecular formula is C18H14Cl2N2O4S. The van der Waals surface area contributed by atoms with E-state index in [1.54, 1.807) is 28.9 Å². The molecular weight excluding hydrogens is 411 g/mol. The SMILES string of the molecule is Cc1nn(Cc2c(Cl)cccc2Cl)c2sc(C(=O)O[C@H]3CCOC3=O)cc12. The standard InChI is InChI=1S/C18H14Cl2N2O4S/c1-9-10-7-15(18(24)26-14-5-6-25-17(14)23)27-16(10)22(21-9)8-11-12(19)3-2-4-13(11)20/h2-4,7,14H,5-6,8H2,1H3/t14-/m0/s1. The Balaban J connectivity index is 1.64. The van der Waals surface area contributed by atoms with E-state index in [1.807, 2.05) is 6.92 Å². The molecule has 1 atom stereocenters. The van der Waals surface area contributed by atoms with Crippen molar-refractivity contribution in [1.82, 2.24) is 9.78 Å². The molecule has 1 aliphatic rings. The Morgan fingerprint density at radius 1 is 1.41 bits per heavy atom. The molecule has 0 bridgehead atoms. The summed E-state index contributed by atoms with van der Waals surface area (Å²) in [5.41, 5.74) is 1.54. The Labute approximate surface area is 168 Å². The molecule has 140 valence electrons. The van der Waals surface area contributed by atoms with Crippen LogP contribution in [-0.4, -0.2) is 34.4 Å². The molecule has 0 aliphatic carbocycles. The van der Waals surface area contributed by atoms with Crippen LogP contribution in [-0.2, 0) is 20.8 Å². The van der Waals surface area contributed by atoms with Gasteiger partial charge in [-0.1, -0.05) is 29.3 Å². The van der Waals surface area contributed by atoms with Gasteiger partial charge in [-0.3, -0.25) is 0 Å². The van der Waals surface area contributed by atoms with Gasteiger partial charge in [0.25, 0.3) is 0 Å². The fourth-order valence-corrected chi connectivity index (χ4v) is 4.49. The largest absolute Gasteiger partial charge is 0.463 e. The number of fused-ring (bicyclic) bond motifs is 1. The zero-order chi connectivity index (χ0) is 19.1. The number of nitrogens with zero attached hydrogens (tertiary/aromatic N) is 2. The lowest BCUT2D eigenvalue weighted by molar-refractivity contribution is -0.145. The summed E-state index contributed by atoms with van der Waals surface area (Å²) in [6.07, 6.45) is -0.449. The zero-order valence-electron chi connectivity index (χ0n) is 14.2. The van der Waals surface area contributed by atoms with Gasteiger partial charge in [0.15, 0.2) is 0 Å². The topological polar surface area (TPSA) is 70.4 Å². The van der Waals surface area contributed by atoms with Crippen molar-refractivity contribution >= 4 is 56.7 Å². The van der Waals surface area contributed by atoms with E-state index in [-0.39, 0.29) is 6.61 Å². The lowest BCUT2D eigenvalue weighted by atomic mass is 10.2. The average molecular weight is 425 g/mol. The lowest BCUT2D eigenvalue weighted by Gasteiger charge is -2.08. The molecule has 9 heteroatoms. The molecule has 4 rings (SSSR count). The minimum atomic E-state index is -0.831. The van der Waals surface area contributed by atoms with Gasteiger partial charge in [0.1, 0.15) is 9.71 Å². The zero-order valence-corrected chi connectivity index (χ0v) is 16.5. The van der Waals surface area contributed by atoms with Crippen molar-refractivity contribution in [1.29, 1.82) is 0 Å². The number of aryl methyl sites for hydroxylation is 1. The molecule has 27 heavy (non-hydrogen) atoms. The first kappa shape index (κ1) is 18.3. The van der Waals surface area contributed by atoms with E-state index in [4.69, 9.17) is 32.7 Å². The molecule has 0 unspecified atom stereocenters. The van der Waals surface area contributed by atoms with E-state index in [1.165, 1.54) is 11.3 Å². The van der Waals surface area contributed by atoms with Crippen LogP contribution in [0, 0.1) is 6.92 Å². The molecule has 0 spiro atoms. The summed E-state index contributed by atoms with van der Waals surface area (Å²) in [5.74, 6) is -1.04. The first-order valence-corrected chi connectivity index (χ1v) is 9.78. The number of rotatable bonds is 4. The minimum absolute atomic E-state index is 0.274. The van der Waals surface area contributed by atoms with Gasteiger partial charge in [0.2, 0.25) is 6.10 Å². The molecule has 3 aromatic rings. The van der Waals surface area contributed by atoms with Gasteiger partial charge in [-0.05, 0) is 25.1 Å². The van der Waals surface area contributed by atoms with Crippen LogP contribution in [0.2, 0.25) is 10.0 Å². The van der Waals surface area contributed by atoms with E-state index < -0.39 is 18.0 Å². The van der Waals surface area contributed by atoms with Crippen molar-refractivity contribution in [3.63, 3.8) is 0 Å². The molecule has 1 aromatic carbocycles. The highest BCUT2D eigenvalue weighted by Crippen LogP contribution is 2.32. The molecule has 1 fully saturated rings. The Morgan fingerprint density at radius 3 is 2.81 bits per heavy atom. The quantitative estimate of drug-likeness (QED) is 0.585. The number of benzene rings is 1. The van der Waals surface area contributed by atoms with Gasteiger partial charge in [-0.2, -0.15) is 5.10 Å². The molecule has 1 aliphatic heterocycles. The predicted octanol–water partition coefficient (Wildman–Crippen LogP) is 4.23. The fraction of sp³-hybridized carbons (Fsp3) is 0.278. The van der Waals surface area contributed by atoms with Crippen LogP contribution in [0.25, 0.3) is 10.2 Å². The Bertz CT molecular complexity index is 1040. The molecule has 0 N–H and O–H groups in total. The second-order valence-corrected chi connectivity index (χ2v) is 7.97. The second-order valence-electron chi connectivity index (χ2n) is 6.12. The van der Waals surface area contributed by atoms with Crippen molar-refractivity contribution in [2.75, 3.05) is 6.61 Å². The van der Waals surface area contributed by atoms with Crippen molar-refractivity contribution in [3.8, 4) is 0 Å². The first-order chi connectivity index (χ1) is 12.9. The summed E-state index contributed by atoms with van der Waals surface area (Å²) in [5, 5.41) is 6.49. The summed E-state index contributed by atoms with van der Waals surface area (Å²) in [6, 6.07) is 7.06. The van der Waals surface area contributed by atoms with Crippen LogP contribution in [0.1, 0.15) is 27.3 Å². The summed E-state index contributed by atoms with van der Waals surface area (Å²) >= 11 is 13.8. The average Bonchev–Trinajstić information content (AvgIpc) is 3.30. The molecule has 0 radical (unpaired) electrons. The monoisotopic (exact) mass is 424 g/mol. The Kier molecular flexibility index (Phi) is 4.84. The Morgan fingerprint density at radius 2 is 2.15 bits per heavy atom. The van der Waals surface area contributed by atoms with Crippen molar-refractivity contribution in [3.05, 3.63) is 50.4 Å². The van der Waals surface area contributed by atoms with Gasteiger partial charge >= 0.3 is 11.9 Å². The molecule has 2 aromatic heterocycles. The summed E-state index contributed by atoms with van der Waals surface area (Å²) in [7, 11) is 0. The van der Waals surface area contributed by atoms with E-state index in [0.717, 1.165) is 21.5 Å². The van der Waals surface area contributed by atoms with Gasteiger partial charge in [0, 0.05) is 27.4 Å². The van der Waals surface area contributed by atoms with Gasteiger partial charge in [0.05, 0.1) is 18.8 Å². The van der Waals surface area contributed by atoms with Crippen LogP contribution in [0.5, 0.6) is 0 Å². The summed E-state index contributed by atoms with van der Waals surface area (Å²) in [4.78, 5) is 25.1. The normalized spacial score (nSPS) is 16.7. The number of carbonyl (C=O) groups is 2. The highest BCUT2D eigenvalue weighted by molar-refractivity contribution is 7.20. The van der Waals surface area contributed by atoms with Crippen LogP contribution in [0.3, 0.4) is 0 Å². The second kappa shape index (κ2) is 7.14. The van der Waals surface area contributed by atoms with Crippen LogP contribution >= 0.6 is 34.5 Å². The molecule has 1 saturated heterocycles. The number of hydrogen-bond donors (Lipinski definition) is 0. The third-order valence-corrected chi connectivity index (χ3v) is 6.15. The lowest BCUT2D eigenvalue weighted by Crippen LogP contribution is -2.22. The molecule has 0 amide bonds. The van der Waals surface area contributed by atoms with E-state index in [2.05, 4.69) is 5.10 Å². The van der Waals surface area contributed by atoms with Crippen molar-refractivity contribution < 1.29 is 19.1 Å². The van der Waals surface area contributed by atoms with E-state index in [9.17, 15) is 9.59 Å². The number of cyclic esters (lactones) is 1. The van der Waals surface area contributed by atoms with Gasteiger partial charge in [-0.25, -0.2) is 14.3 Å². The van der Waals surface area contributed by atoms with Gasteiger partial charge in [-0.15, -0.1) is 11.3 Å². The minimum Gasteiger partial charge on any atom is -0.463 e. The van der Waals surface area contributed by atoms with E-state index >= 15 is 0 Å². The predicted molar refractivity (Wildman–Crippen MR) is 103 cm³/mol. The maximum atomic E-state index is 12.4. The number of halogens is 2. The number of thiophene rings is 1. The number of esters is 2. The fourth-order valence-electron chi connectivity index (χ4n) is 2.93. The third kappa shape index (κ3) is 3.42. The smallest absolute Gasteiger partial charge is 0.349 e. The van der Waals surface area contributed by atoms with Crippen molar-refractivity contribution in [2.24, 2.45) is 0 Å². The third-order valence-electron chi connectivity index (χ3n) is 4.31. The highest BCUT2D eigenvalue weighted by Gasteiger charge is 2.31.